The topological polar surface area (TPSA) is 47.4 Å². The van der Waals surface area contributed by atoms with E-state index in [1.165, 1.54) is 34.5 Å². The first-order valence-corrected chi connectivity index (χ1v) is 11.5. The van der Waals surface area contributed by atoms with Crippen molar-refractivity contribution in [2.75, 3.05) is 13.1 Å². The SMILES string of the molecule is CC(C)(C)OC=O.CCC.CCCN(CC)Cc1cc2c(s1)c(I)nn2C. The summed E-state index contributed by atoms with van der Waals surface area (Å²) in [6, 6.07) is 2.29. The largest absolute Gasteiger partial charge is 0.462 e. The number of nitrogens with zero attached hydrogens (tertiary/aromatic N) is 3. The molecule has 7 heteroatoms. The first-order valence-electron chi connectivity index (χ1n) is 9.58. The molecular weight excluding hydrogens is 473 g/mol. The lowest BCUT2D eigenvalue weighted by molar-refractivity contribution is -0.138. The molecule has 2 rings (SSSR count). The molecule has 0 saturated heterocycles. The molecule has 156 valence electrons. The molecule has 2 heterocycles. The molecule has 0 fully saturated rings. The van der Waals surface area contributed by atoms with Crippen LogP contribution in [0.15, 0.2) is 6.07 Å². The van der Waals surface area contributed by atoms with Crippen molar-refractivity contribution in [3.05, 3.63) is 14.6 Å². The van der Waals surface area contributed by atoms with Crippen LogP contribution in [0, 0.1) is 3.70 Å². The maximum absolute atomic E-state index is 9.60. The molecule has 0 aliphatic heterocycles. The highest BCUT2D eigenvalue weighted by Gasteiger charge is 2.12. The minimum Gasteiger partial charge on any atom is -0.462 e. The molecule has 0 unspecified atom stereocenters. The molecule has 0 bridgehead atoms. The molecule has 0 atom stereocenters. The van der Waals surface area contributed by atoms with Crippen molar-refractivity contribution in [2.24, 2.45) is 7.05 Å². The second kappa shape index (κ2) is 13.5. The zero-order chi connectivity index (χ0) is 21.0. The van der Waals surface area contributed by atoms with Gasteiger partial charge in [0, 0.05) is 18.5 Å². The van der Waals surface area contributed by atoms with E-state index >= 15 is 0 Å². The Morgan fingerprint density at radius 2 is 1.89 bits per heavy atom. The molecule has 0 aliphatic rings. The van der Waals surface area contributed by atoms with Gasteiger partial charge in [-0.25, -0.2) is 0 Å². The summed E-state index contributed by atoms with van der Waals surface area (Å²) in [5.41, 5.74) is 0.948. The third kappa shape index (κ3) is 10.4. The van der Waals surface area contributed by atoms with Gasteiger partial charge in [-0.1, -0.05) is 34.1 Å². The standard InChI is InChI=1S/C12H18IN3S.C5H10O2.C3H8/c1-4-6-16(5-2)8-9-7-10-11(17-9)12(13)14-15(10)3;1-5(2,3)7-4-6;1-3-2/h7H,4-6,8H2,1-3H3;4H,1-3H3;3H2,1-2H3. The molecule has 0 radical (unpaired) electrons. The van der Waals surface area contributed by atoms with Crippen molar-refractivity contribution < 1.29 is 9.53 Å². The predicted molar refractivity (Wildman–Crippen MR) is 125 cm³/mol. The van der Waals surface area contributed by atoms with E-state index in [9.17, 15) is 4.79 Å². The van der Waals surface area contributed by atoms with Gasteiger partial charge in [0.2, 0.25) is 0 Å². The lowest BCUT2D eigenvalue weighted by atomic mass is 10.2. The molecule has 2 aromatic heterocycles. The summed E-state index contributed by atoms with van der Waals surface area (Å²) in [7, 11) is 2.02. The Balaban J connectivity index is 0.000000568. The van der Waals surface area contributed by atoms with Gasteiger partial charge in [0.25, 0.3) is 6.47 Å². The van der Waals surface area contributed by atoms with Gasteiger partial charge in [-0.15, -0.1) is 11.3 Å². The molecule has 0 saturated carbocycles. The number of fused-ring (bicyclic) bond motifs is 1. The van der Waals surface area contributed by atoms with E-state index in [1.54, 1.807) is 0 Å². The van der Waals surface area contributed by atoms with Crippen molar-refractivity contribution in [2.45, 2.75) is 73.5 Å². The lowest BCUT2D eigenvalue weighted by Gasteiger charge is -2.18. The Morgan fingerprint density at radius 1 is 1.30 bits per heavy atom. The van der Waals surface area contributed by atoms with Crippen LogP contribution in [0.2, 0.25) is 0 Å². The quantitative estimate of drug-likeness (QED) is 0.362. The predicted octanol–water partition coefficient (Wildman–Crippen LogP) is 5.85. The normalized spacial score (nSPS) is 10.9. The molecule has 2 aromatic rings. The minimum atomic E-state index is -0.318. The fourth-order valence-corrected chi connectivity index (χ4v) is 4.19. The zero-order valence-corrected chi connectivity index (χ0v) is 21.1. The summed E-state index contributed by atoms with van der Waals surface area (Å²) >= 11 is 4.20. The second-order valence-electron chi connectivity index (χ2n) is 7.24. The number of hydrogen-bond acceptors (Lipinski definition) is 5. The van der Waals surface area contributed by atoms with Crippen LogP contribution in [0.3, 0.4) is 0 Å². The maximum Gasteiger partial charge on any atom is 0.293 e. The number of hydrogen-bond donors (Lipinski definition) is 0. The third-order valence-electron chi connectivity index (χ3n) is 3.31. The number of rotatable bonds is 6. The third-order valence-corrected chi connectivity index (χ3v) is 5.54. The minimum absolute atomic E-state index is 0.318. The Kier molecular flexibility index (Phi) is 13.2. The van der Waals surface area contributed by atoms with Crippen molar-refractivity contribution in [1.29, 1.82) is 0 Å². The average Bonchev–Trinajstić information content (AvgIpc) is 3.08. The number of halogens is 1. The first kappa shape index (κ1) is 26.3. The van der Waals surface area contributed by atoms with Crippen LogP contribution in [0.5, 0.6) is 0 Å². The molecule has 0 N–H and O–H groups in total. The van der Waals surface area contributed by atoms with E-state index < -0.39 is 0 Å². The summed E-state index contributed by atoms with van der Waals surface area (Å²) in [5, 5.41) is 4.43. The van der Waals surface area contributed by atoms with Gasteiger partial charge in [-0.2, -0.15) is 5.10 Å². The summed E-state index contributed by atoms with van der Waals surface area (Å²) in [6.45, 7) is 18.0. The van der Waals surface area contributed by atoms with Gasteiger partial charge in [0.1, 0.15) is 9.30 Å². The summed E-state index contributed by atoms with van der Waals surface area (Å²) in [6.07, 6.45) is 2.47. The molecular formula is C20H36IN3O2S. The number of thiophene rings is 1. The van der Waals surface area contributed by atoms with Crippen LogP contribution in [0.25, 0.3) is 10.2 Å². The highest BCUT2D eigenvalue weighted by molar-refractivity contribution is 14.1. The fraction of sp³-hybridized carbons (Fsp3) is 0.700. The highest BCUT2D eigenvalue weighted by Crippen LogP contribution is 2.29. The number of aromatic nitrogens is 2. The van der Waals surface area contributed by atoms with Crippen molar-refractivity contribution >= 4 is 50.6 Å². The van der Waals surface area contributed by atoms with E-state index in [4.69, 9.17) is 0 Å². The van der Waals surface area contributed by atoms with Gasteiger partial charge in [0.05, 0.1) is 10.2 Å². The second-order valence-corrected chi connectivity index (χ2v) is 9.40. The Labute approximate surface area is 182 Å². The first-order chi connectivity index (χ1) is 12.6. The summed E-state index contributed by atoms with van der Waals surface area (Å²) < 4.78 is 8.98. The number of aryl methyl sites for hydroxylation is 1. The van der Waals surface area contributed by atoms with Crippen LogP contribution in [0.1, 0.15) is 66.2 Å². The summed E-state index contributed by atoms with van der Waals surface area (Å²) in [5.74, 6) is 0. The van der Waals surface area contributed by atoms with Gasteiger partial charge in [-0.05, 0) is 68.9 Å². The molecule has 0 amide bonds. The van der Waals surface area contributed by atoms with E-state index in [1.807, 2.05) is 43.8 Å². The van der Waals surface area contributed by atoms with Crippen molar-refractivity contribution in [3.8, 4) is 0 Å². The maximum atomic E-state index is 9.60. The van der Waals surface area contributed by atoms with Gasteiger partial charge in [-0.3, -0.25) is 14.4 Å². The van der Waals surface area contributed by atoms with Crippen molar-refractivity contribution in [3.63, 3.8) is 0 Å². The Bertz CT molecular complexity index is 628. The number of carbonyl (C=O) groups excluding carboxylic acids is 1. The van der Waals surface area contributed by atoms with E-state index in [0.29, 0.717) is 6.47 Å². The highest BCUT2D eigenvalue weighted by atomic mass is 127. The summed E-state index contributed by atoms with van der Waals surface area (Å²) in [4.78, 5) is 13.5. The monoisotopic (exact) mass is 509 g/mol. The Hall–Kier alpha value is -0.670. The lowest BCUT2D eigenvalue weighted by Crippen LogP contribution is -2.22. The van der Waals surface area contributed by atoms with Crippen LogP contribution >= 0.6 is 33.9 Å². The fourth-order valence-electron chi connectivity index (χ4n) is 2.16. The van der Waals surface area contributed by atoms with E-state index in [-0.39, 0.29) is 5.60 Å². The smallest absolute Gasteiger partial charge is 0.293 e. The van der Waals surface area contributed by atoms with Crippen LogP contribution in [0.4, 0.5) is 0 Å². The Morgan fingerprint density at radius 3 is 2.26 bits per heavy atom. The van der Waals surface area contributed by atoms with Crippen LogP contribution < -0.4 is 0 Å². The molecule has 5 nitrogen and oxygen atoms in total. The number of ether oxygens (including phenoxy) is 1. The zero-order valence-electron chi connectivity index (χ0n) is 18.1. The average molecular weight is 509 g/mol. The van der Waals surface area contributed by atoms with Crippen LogP contribution in [-0.2, 0) is 23.1 Å². The van der Waals surface area contributed by atoms with E-state index in [2.05, 4.69) is 71.1 Å². The number of carbonyl (C=O) groups is 1. The molecule has 0 spiro atoms. The van der Waals surface area contributed by atoms with Crippen LogP contribution in [-0.4, -0.2) is 39.8 Å². The molecule has 27 heavy (non-hydrogen) atoms. The van der Waals surface area contributed by atoms with E-state index in [0.717, 1.165) is 16.8 Å². The van der Waals surface area contributed by atoms with Gasteiger partial charge < -0.3 is 4.74 Å². The molecule has 0 aliphatic carbocycles. The van der Waals surface area contributed by atoms with Gasteiger partial charge >= 0.3 is 0 Å². The van der Waals surface area contributed by atoms with Gasteiger partial charge in [0.15, 0.2) is 0 Å². The molecule has 0 aromatic carbocycles. The van der Waals surface area contributed by atoms with Crippen molar-refractivity contribution in [1.82, 2.24) is 14.7 Å².